The van der Waals surface area contributed by atoms with Crippen LogP contribution in [0.25, 0.3) is 0 Å². The van der Waals surface area contributed by atoms with Crippen LogP contribution >= 0.6 is 0 Å². The number of piperazine rings is 1. The number of nitrogens with zero attached hydrogens (tertiary/aromatic N) is 2. The second-order valence-electron chi connectivity index (χ2n) is 5.29. The van der Waals surface area contributed by atoms with E-state index in [1.54, 1.807) is 12.1 Å². The Hall–Kier alpha value is -1.75. The van der Waals surface area contributed by atoms with Crippen molar-refractivity contribution in [3.8, 4) is 5.75 Å². The van der Waals surface area contributed by atoms with E-state index in [-0.39, 0.29) is 18.3 Å². The largest absolute Gasteiger partial charge is 0.508 e. The smallest absolute Gasteiger partial charge is 0.248 e. The summed E-state index contributed by atoms with van der Waals surface area (Å²) in [5.74, 6) is 0.344. The van der Waals surface area contributed by atoms with E-state index in [1.165, 1.54) is 0 Å². The third kappa shape index (κ3) is 4.63. The quantitative estimate of drug-likeness (QED) is 0.813. The van der Waals surface area contributed by atoms with Gasteiger partial charge in [-0.3, -0.25) is 4.79 Å². The molecule has 5 nitrogen and oxygen atoms in total. The number of unbranched alkanes of at least 4 members (excludes halogenated alkanes) is 1. The molecule has 21 heavy (non-hydrogen) atoms. The number of aromatic hydroxyl groups is 1. The molecule has 1 heterocycles. The molecule has 1 aliphatic rings. The maximum absolute atomic E-state index is 12.0. The van der Waals surface area contributed by atoms with Crippen LogP contribution in [0.4, 0.5) is 5.69 Å². The Kier molecular flexibility index (Phi) is 5.87. The molecule has 0 aromatic heterocycles. The van der Waals surface area contributed by atoms with Gasteiger partial charge in [0.25, 0.3) is 0 Å². The number of phenolic OH excluding ortho intramolecular Hbond substituents is 1. The zero-order valence-electron chi connectivity index (χ0n) is 12.6. The Bertz CT molecular complexity index is 457. The summed E-state index contributed by atoms with van der Waals surface area (Å²) in [4.78, 5) is 16.0. The predicted molar refractivity (Wildman–Crippen MR) is 82.6 cm³/mol. The molecule has 1 N–H and O–H groups in total. The van der Waals surface area contributed by atoms with Crippen LogP contribution in [0, 0.1) is 0 Å². The molecule has 2 rings (SSSR count). The standard InChI is InChI=1S/C16H24N2O3/c1-2-3-11-21-13-16(20)18-9-7-17(8-10-18)14-5-4-6-15(19)12-14/h4-6,12,19H,2-3,7-11,13H2,1H3. The van der Waals surface area contributed by atoms with Crippen LogP contribution in [-0.4, -0.2) is 55.3 Å². The Morgan fingerprint density at radius 3 is 2.71 bits per heavy atom. The molecule has 5 heteroatoms. The van der Waals surface area contributed by atoms with Gasteiger partial charge in [0.05, 0.1) is 0 Å². The first-order valence-corrected chi connectivity index (χ1v) is 7.60. The Morgan fingerprint density at radius 1 is 1.29 bits per heavy atom. The molecule has 1 aromatic carbocycles. The molecule has 0 spiro atoms. The van der Waals surface area contributed by atoms with Gasteiger partial charge >= 0.3 is 0 Å². The minimum Gasteiger partial charge on any atom is -0.508 e. The molecule has 0 radical (unpaired) electrons. The van der Waals surface area contributed by atoms with Crippen molar-refractivity contribution in [2.45, 2.75) is 19.8 Å². The van der Waals surface area contributed by atoms with E-state index in [0.717, 1.165) is 31.6 Å². The summed E-state index contributed by atoms with van der Waals surface area (Å²) in [5.41, 5.74) is 1.00. The molecule has 0 unspecified atom stereocenters. The van der Waals surface area contributed by atoms with Gasteiger partial charge in [0.1, 0.15) is 12.4 Å². The first-order chi connectivity index (χ1) is 10.2. The number of hydrogen-bond donors (Lipinski definition) is 1. The third-order valence-electron chi connectivity index (χ3n) is 3.70. The van der Waals surface area contributed by atoms with E-state index in [9.17, 15) is 9.90 Å². The number of phenols is 1. The van der Waals surface area contributed by atoms with Gasteiger partial charge in [0.2, 0.25) is 5.91 Å². The minimum absolute atomic E-state index is 0.0710. The number of rotatable bonds is 6. The lowest BCUT2D eigenvalue weighted by atomic mass is 10.2. The number of carbonyl (C=O) groups excluding carboxylic acids is 1. The van der Waals surface area contributed by atoms with Gasteiger partial charge in [-0.15, -0.1) is 0 Å². The average molecular weight is 292 g/mol. The highest BCUT2D eigenvalue weighted by Gasteiger charge is 2.21. The van der Waals surface area contributed by atoms with Gasteiger partial charge in [-0.2, -0.15) is 0 Å². The lowest BCUT2D eigenvalue weighted by molar-refractivity contribution is -0.136. The number of amides is 1. The van der Waals surface area contributed by atoms with E-state index in [2.05, 4.69) is 11.8 Å². The molecular formula is C16H24N2O3. The Morgan fingerprint density at radius 2 is 2.05 bits per heavy atom. The SMILES string of the molecule is CCCCOCC(=O)N1CCN(c2cccc(O)c2)CC1. The molecule has 1 saturated heterocycles. The van der Waals surface area contributed by atoms with Crippen LogP contribution in [0.1, 0.15) is 19.8 Å². The van der Waals surface area contributed by atoms with E-state index in [0.29, 0.717) is 19.7 Å². The molecule has 0 atom stereocenters. The van der Waals surface area contributed by atoms with Crippen molar-refractivity contribution >= 4 is 11.6 Å². The van der Waals surface area contributed by atoms with Crippen LogP contribution in [0.15, 0.2) is 24.3 Å². The summed E-state index contributed by atoms with van der Waals surface area (Å²) in [6.45, 7) is 5.91. The van der Waals surface area contributed by atoms with Crippen molar-refractivity contribution in [1.82, 2.24) is 4.90 Å². The van der Waals surface area contributed by atoms with Gasteiger partial charge in [0, 0.05) is 44.5 Å². The van der Waals surface area contributed by atoms with Crippen molar-refractivity contribution in [1.29, 1.82) is 0 Å². The molecule has 116 valence electrons. The summed E-state index contributed by atoms with van der Waals surface area (Å²) in [6.07, 6.45) is 2.08. The number of benzene rings is 1. The number of ether oxygens (including phenoxy) is 1. The van der Waals surface area contributed by atoms with E-state index >= 15 is 0 Å². The maximum Gasteiger partial charge on any atom is 0.248 e. The highest BCUT2D eigenvalue weighted by molar-refractivity contribution is 5.77. The molecule has 1 fully saturated rings. The summed E-state index contributed by atoms with van der Waals surface area (Å²) < 4.78 is 5.38. The number of anilines is 1. The van der Waals surface area contributed by atoms with Gasteiger partial charge < -0.3 is 19.6 Å². The summed E-state index contributed by atoms with van der Waals surface area (Å²) in [5, 5.41) is 9.52. The Balaban J connectivity index is 1.76. The first-order valence-electron chi connectivity index (χ1n) is 7.60. The monoisotopic (exact) mass is 292 g/mol. The molecule has 1 aliphatic heterocycles. The average Bonchev–Trinajstić information content (AvgIpc) is 2.51. The van der Waals surface area contributed by atoms with Crippen LogP contribution in [0.5, 0.6) is 5.75 Å². The van der Waals surface area contributed by atoms with Gasteiger partial charge in [-0.05, 0) is 18.6 Å². The zero-order chi connectivity index (χ0) is 15.1. The summed E-state index contributed by atoms with van der Waals surface area (Å²) in [7, 11) is 0. The fourth-order valence-corrected chi connectivity index (χ4v) is 2.40. The van der Waals surface area contributed by atoms with Crippen LogP contribution < -0.4 is 4.90 Å². The van der Waals surface area contributed by atoms with Gasteiger partial charge in [0.15, 0.2) is 0 Å². The second-order valence-corrected chi connectivity index (χ2v) is 5.29. The highest BCUT2D eigenvalue weighted by atomic mass is 16.5. The topological polar surface area (TPSA) is 53.0 Å². The zero-order valence-corrected chi connectivity index (χ0v) is 12.6. The van der Waals surface area contributed by atoms with Crippen molar-refractivity contribution in [2.24, 2.45) is 0 Å². The van der Waals surface area contributed by atoms with E-state index in [4.69, 9.17) is 4.74 Å². The van der Waals surface area contributed by atoms with E-state index < -0.39 is 0 Å². The predicted octanol–water partition coefficient (Wildman–Crippen LogP) is 1.86. The lowest BCUT2D eigenvalue weighted by Gasteiger charge is -2.36. The van der Waals surface area contributed by atoms with Crippen molar-refractivity contribution in [3.05, 3.63) is 24.3 Å². The minimum atomic E-state index is 0.0710. The highest BCUT2D eigenvalue weighted by Crippen LogP contribution is 2.21. The number of hydrogen-bond acceptors (Lipinski definition) is 4. The molecule has 1 aromatic rings. The first kappa shape index (κ1) is 15.6. The van der Waals surface area contributed by atoms with Crippen LogP contribution in [0.2, 0.25) is 0 Å². The fourth-order valence-electron chi connectivity index (χ4n) is 2.40. The van der Waals surface area contributed by atoms with Crippen molar-refractivity contribution in [3.63, 3.8) is 0 Å². The molecule has 0 saturated carbocycles. The van der Waals surface area contributed by atoms with Crippen molar-refractivity contribution in [2.75, 3.05) is 44.3 Å². The Labute approximate surface area is 126 Å². The summed E-state index contributed by atoms with van der Waals surface area (Å²) >= 11 is 0. The van der Waals surface area contributed by atoms with Crippen LogP contribution in [0.3, 0.4) is 0 Å². The van der Waals surface area contributed by atoms with Gasteiger partial charge in [-0.1, -0.05) is 19.4 Å². The molecular weight excluding hydrogens is 268 g/mol. The number of carbonyl (C=O) groups is 1. The van der Waals surface area contributed by atoms with Crippen molar-refractivity contribution < 1.29 is 14.6 Å². The van der Waals surface area contributed by atoms with Crippen LogP contribution in [-0.2, 0) is 9.53 Å². The van der Waals surface area contributed by atoms with Gasteiger partial charge in [-0.25, -0.2) is 0 Å². The molecule has 0 aliphatic carbocycles. The molecule has 1 amide bonds. The molecule has 0 bridgehead atoms. The fraction of sp³-hybridized carbons (Fsp3) is 0.562. The van der Waals surface area contributed by atoms with E-state index in [1.807, 2.05) is 17.0 Å². The third-order valence-corrected chi connectivity index (χ3v) is 3.70. The summed E-state index contributed by atoms with van der Waals surface area (Å²) in [6, 6.07) is 7.23. The lowest BCUT2D eigenvalue weighted by Crippen LogP contribution is -2.49. The normalized spacial score (nSPS) is 15.3. The second kappa shape index (κ2) is 7.88. The maximum atomic E-state index is 12.0.